The van der Waals surface area contributed by atoms with Crippen molar-refractivity contribution in [3.63, 3.8) is 0 Å². The van der Waals surface area contributed by atoms with Gasteiger partial charge in [-0.25, -0.2) is 0 Å². The van der Waals surface area contributed by atoms with Crippen molar-refractivity contribution in [1.29, 1.82) is 0 Å². The maximum atomic E-state index is 6.00. The van der Waals surface area contributed by atoms with Gasteiger partial charge in [0, 0.05) is 11.8 Å². The van der Waals surface area contributed by atoms with Crippen LogP contribution in [0.1, 0.15) is 96.6 Å². The highest BCUT2D eigenvalue weighted by Crippen LogP contribution is 2.34. The minimum absolute atomic E-state index is 0.821. The molecule has 1 saturated carbocycles. The van der Waals surface area contributed by atoms with E-state index in [9.17, 15) is 0 Å². The Balaban J connectivity index is 1.33. The van der Waals surface area contributed by atoms with Crippen LogP contribution in [0.4, 0.5) is 0 Å². The maximum Gasteiger partial charge on any atom is 0.119 e. The average Bonchev–Trinajstić information content (AvgIpc) is 2.82. The van der Waals surface area contributed by atoms with E-state index in [0.29, 0.717) is 0 Å². The molecule has 0 amide bonds. The highest BCUT2D eigenvalue weighted by molar-refractivity contribution is 5.58. The van der Waals surface area contributed by atoms with Crippen molar-refractivity contribution in [3.8, 4) is 17.0 Å². The number of aromatic nitrogens is 2. The summed E-state index contributed by atoms with van der Waals surface area (Å²) in [6, 6.07) is 8.29. The molecule has 0 atom stereocenters. The number of hydrogen-bond donors (Lipinski definition) is 0. The molecule has 31 heavy (non-hydrogen) atoms. The molecular weight excluding hydrogens is 380 g/mol. The van der Waals surface area contributed by atoms with Gasteiger partial charge in [-0.2, -0.15) is 0 Å². The van der Waals surface area contributed by atoms with Crippen molar-refractivity contribution in [2.75, 3.05) is 6.61 Å². The molecule has 1 fully saturated rings. The first kappa shape index (κ1) is 23.8. The van der Waals surface area contributed by atoms with E-state index in [0.717, 1.165) is 54.0 Å². The number of nitrogens with zero attached hydrogens (tertiary/aromatic N) is 2. The first-order valence-corrected chi connectivity index (χ1v) is 12.8. The lowest BCUT2D eigenvalue weighted by Gasteiger charge is -2.28. The summed E-state index contributed by atoms with van der Waals surface area (Å²) in [6.45, 7) is 5.32. The third-order valence-electron chi connectivity index (χ3n) is 6.85. The lowest BCUT2D eigenvalue weighted by atomic mass is 9.78. The second kappa shape index (κ2) is 13.5. The minimum Gasteiger partial charge on any atom is -0.494 e. The molecule has 0 radical (unpaired) electrons. The molecule has 3 rings (SSSR count). The molecule has 0 saturated heterocycles. The van der Waals surface area contributed by atoms with E-state index in [1.54, 1.807) is 0 Å². The minimum atomic E-state index is 0.821. The van der Waals surface area contributed by atoms with Gasteiger partial charge in [-0.15, -0.1) is 0 Å². The van der Waals surface area contributed by atoms with Crippen LogP contribution in [0.5, 0.6) is 5.75 Å². The van der Waals surface area contributed by atoms with E-state index >= 15 is 0 Å². The Bertz CT molecular complexity index is 718. The topological polar surface area (TPSA) is 35.0 Å². The SMILES string of the molecule is CCCCCC1CCC(CCCOc2ccc(-c3cnc(CCCC)cn3)cc2)CC1. The van der Waals surface area contributed by atoms with E-state index in [-0.39, 0.29) is 0 Å². The molecular formula is C28H42N2O. The number of hydrogen-bond acceptors (Lipinski definition) is 3. The van der Waals surface area contributed by atoms with Gasteiger partial charge in [0.1, 0.15) is 5.75 Å². The summed E-state index contributed by atoms with van der Waals surface area (Å²) in [4.78, 5) is 9.13. The Morgan fingerprint density at radius 2 is 1.45 bits per heavy atom. The number of benzene rings is 1. The van der Waals surface area contributed by atoms with Crippen LogP contribution in [0.15, 0.2) is 36.7 Å². The van der Waals surface area contributed by atoms with E-state index in [4.69, 9.17) is 4.74 Å². The Labute approximate surface area is 190 Å². The van der Waals surface area contributed by atoms with Crippen molar-refractivity contribution in [1.82, 2.24) is 9.97 Å². The fraction of sp³-hybridized carbons (Fsp3) is 0.643. The number of aryl methyl sites for hydroxylation is 1. The molecule has 1 aromatic carbocycles. The lowest BCUT2D eigenvalue weighted by molar-refractivity contribution is 0.228. The summed E-state index contributed by atoms with van der Waals surface area (Å²) >= 11 is 0. The Morgan fingerprint density at radius 3 is 2.06 bits per heavy atom. The van der Waals surface area contributed by atoms with Crippen molar-refractivity contribution in [3.05, 3.63) is 42.4 Å². The van der Waals surface area contributed by atoms with Crippen molar-refractivity contribution < 1.29 is 4.74 Å². The van der Waals surface area contributed by atoms with E-state index in [2.05, 4.69) is 48.1 Å². The van der Waals surface area contributed by atoms with Gasteiger partial charge in [0.05, 0.1) is 24.2 Å². The predicted molar refractivity (Wildman–Crippen MR) is 130 cm³/mol. The summed E-state index contributed by atoms with van der Waals surface area (Å²) < 4.78 is 6.00. The van der Waals surface area contributed by atoms with Crippen molar-refractivity contribution in [2.24, 2.45) is 11.8 Å². The molecule has 3 heteroatoms. The van der Waals surface area contributed by atoms with Gasteiger partial charge in [0.2, 0.25) is 0 Å². The van der Waals surface area contributed by atoms with Gasteiger partial charge >= 0.3 is 0 Å². The molecule has 2 aromatic rings. The molecule has 1 aliphatic rings. The van der Waals surface area contributed by atoms with Gasteiger partial charge < -0.3 is 4.74 Å². The molecule has 1 heterocycles. The van der Waals surface area contributed by atoms with Crippen LogP contribution >= 0.6 is 0 Å². The Morgan fingerprint density at radius 1 is 0.774 bits per heavy atom. The monoisotopic (exact) mass is 422 g/mol. The van der Waals surface area contributed by atoms with Gasteiger partial charge in [-0.3, -0.25) is 9.97 Å². The largest absolute Gasteiger partial charge is 0.494 e. The standard InChI is InChI=1S/C28H42N2O/c1-3-5-7-9-23-12-14-24(15-13-23)10-8-20-31-27-18-16-25(17-19-27)28-22-29-26(21-30-28)11-6-4-2/h16-19,21-24H,3-15,20H2,1-2H3. The Kier molecular flexibility index (Phi) is 10.3. The van der Waals surface area contributed by atoms with Crippen LogP contribution in [0, 0.1) is 11.8 Å². The summed E-state index contributed by atoms with van der Waals surface area (Å²) in [5, 5.41) is 0. The predicted octanol–water partition coefficient (Wildman–Crippen LogP) is 8.03. The molecule has 0 aliphatic heterocycles. The maximum absolute atomic E-state index is 6.00. The molecule has 1 aromatic heterocycles. The summed E-state index contributed by atoms with van der Waals surface area (Å²) in [5.74, 6) is 2.89. The van der Waals surface area contributed by atoms with Crippen LogP contribution in [-0.4, -0.2) is 16.6 Å². The molecule has 1 aliphatic carbocycles. The van der Waals surface area contributed by atoms with Crippen LogP contribution < -0.4 is 4.74 Å². The lowest BCUT2D eigenvalue weighted by Crippen LogP contribution is -2.15. The highest BCUT2D eigenvalue weighted by atomic mass is 16.5. The zero-order valence-electron chi connectivity index (χ0n) is 19.8. The fourth-order valence-electron chi connectivity index (χ4n) is 4.77. The van der Waals surface area contributed by atoms with Crippen molar-refractivity contribution in [2.45, 2.75) is 97.3 Å². The normalized spacial score (nSPS) is 18.8. The van der Waals surface area contributed by atoms with Gasteiger partial charge in [0.25, 0.3) is 0 Å². The average molecular weight is 423 g/mol. The molecule has 0 spiro atoms. The van der Waals surface area contributed by atoms with Gasteiger partial charge in [0.15, 0.2) is 0 Å². The van der Waals surface area contributed by atoms with Crippen LogP contribution in [-0.2, 0) is 6.42 Å². The van der Waals surface area contributed by atoms with Crippen LogP contribution in [0.25, 0.3) is 11.3 Å². The molecule has 0 N–H and O–H groups in total. The molecule has 3 nitrogen and oxygen atoms in total. The smallest absolute Gasteiger partial charge is 0.119 e. The van der Waals surface area contributed by atoms with Gasteiger partial charge in [-0.1, -0.05) is 71.6 Å². The summed E-state index contributed by atoms with van der Waals surface area (Å²) in [6.07, 6.45) is 21.1. The highest BCUT2D eigenvalue weighted by Gasteiger charge is 2.20. The van der Waals surface area contributed by atoms with Crippen LogP contribution in [0.3, 0.4) is 0 Å². The number of rotatable bonds is 13. The first-order valence-electron chi connectivity index (χ1n) is 12.8. The van der Waals surface area contributed by atoms with Crippen molar-refractivity contribution >= 4 is 0 Å². The third kappa shape index (κ3) is 8.27. The second-order valence-corrected chi connectivity index (χ2v) is 9.39. The number of ether oxygens (including phenoxy) is 1. The second-order valence-electron chi connectivity index (χ2n) is 9.39. The number of unbranched alkanes of at least 4 members (excludes halogenated alkanes) is 3. The molecule has 0 bridgehead atoms. The Hall–Kier alpha value is -1.90. The fourth-order valence-corrected chi connectivity index (χ4v) is 4.77. The van der Waals surface area contributed by atoms with Crippen LogP contribution in [0.2, 0.25) is 0 Å². The quantitative estimate of drug-likeness (QED) is 0.306. The van der Waals surface area contributed by atoms with E-state index in [1.807, 2.05) is 12.4 Å². The van der Waals surface area contributed by atoms with E-state index < -0.39 is 0 Å². The molecule has 0 unspecified atom stereocenters. The zero-order chi connectivity index (χ0) is 21.7. The summed E-state index contributed by atoms with van der Waals surface area (Å²) in [5.41, 5.74) is 3.10. The third-order valence-corrected chi connectivity index (χ3v) is 6.85. The van der Waals surface area contributed by atoms with E-state index in [1.165, 1.54) is 70.6 Å². The zero-order valence-corrected chi connectivity index (χ0v) is 19.8. The van der Waals surface area contributed by atoms with Gasteiger partial charge in [-0.05, 0) is 61.8 Å². The first-order chi connectivity index (χ1) is 15.3. The molecule has 170 valence electrons. The summed E-state index contributed by atoms with van der Waals surface area (Å²) in [7, 11) is 0.